The number of carbonyl (C=O) groups excluding carboxylic acids is 1. The molecule has 1 atom stereocenters. The van der Waals surface area contributed by atoms with E-state index in [-0.39, 0.29) is 11.3 Å². The van der Waals surface area contributed by atoms with Gasteiger partial charge in [-0.05, 0) is 40.8 Å². The molecule has 0 radical (unpaired) electrons. The fourth-order valence-electron chi connectivity index (χ4n) is 3.30. The Morgan fingerprint density at radius 3 is 2.76 bits per heavy atom. The van der Waals surface area contributed by atoms with Crippen LogP contribution >= 0.6 is 11.8 Å². The van der Waals surface area contributed by atoms with Crippen LogP contribution in [0.2, 0.25) is 0 Å². The number of carbonyl (C=O) groups is 1. The number of rotatable bonds is 5. The molecule has 0 aliphatic carbocycles. The molecular formula is C20H19N3O5S. The maximum absolute atomic E-state index is 12.8. The van der Waals surface area contributed by atoms with E-state index in [0.717, 1.165) is 11.3 Å². The number of hydrogen-bond acceptors (Lipinski definition) is 7. The topological polar surface area (TPSA) is 91.7 Å². The highest BCUT2D eigenvalue weighted by molar-refractivity contribution is 8.00. The Kier molecular flexibility index (Phi) is 5.06. The molecule has 1 aliphatic rings. The molecule has 0 N–H and O–H groups in total. The highest BCUT2D eigenvalue weighted by Gasteiger charge is 2.36. The first kappa shape index (κ1) is 19.1. The zero-order valence-electron chi connectivity index (χ0n) is 16.1. The van der Waals surface area contributed by atoms with Crippen molar-refractivity contribution in [2.24, 2.45) is 0 Å². The lowest BCUT2D eigenvalue weighted by molar-refractivity contribution is -0.806. The van der Waals surface area contributed by atoms with Gasteiger partial charge in [0.15, 0.2) is 0 Å². The van der Waals surface area contributed by atoms with Gasteiger partial charge >= 0.3 is 0 Å². The number of benzene rings is 2. The summed E-state index contributed by atoms with van der Waals surface area (Å²) in [6.07, 6.45) is 0. The molecule has 9 heteroatoms. The van der Waals surface area contributed by atoms with Crippen molar-refractivity contribution in [3.63, 3.8) is 0 Å². The summed E-state index contributed by atoms with van der Waals surface area (Å²) in [5.41, 5.74) is 2.97. The van der Waals surface area contributed by atoms with Crippen molar-refractivity contribution in [3.05, 3.63) is 58.9 Å². The van der Waals surface area contributed by atoms with Gasteiger partial charge in [0.25, 0.3) is 5.69 Å². The third-order valence-electron chi connectivity index (χ3n) is 4.78. The summed E-state index contributed by atoms with van der Waals surface area (Å²) in [6.45, 7) is 1.62. The minimum Gasteiger partial charge on any atom is -0.497 e. The van der Waals surface area contributed by atoms with Crippen molar-refractivity contribution in [3.8, 4) is 22.8 Å². The minimum atomic E-state index is -0.232. The number of aromatic nitrogens is 2. The molecule has 1 fully saturated rings. The van der Waals surface area contributed by atoms with Gasteiger partial charge in [0, 0.05) is 17.6 Å². The van der Waals surface area contributed by atoms with Gasteiger partial charge in [0.05, 0.1) is 25.7 Å². The largest absolute Gasteiger partial charge is 0.497 e. The molecule has 3 aromatic rings. The molecule has 2 aromatic carbocycles. The molecule has 8 nitrogen and oxygen atoms in total. The maximum Gasteiger partial charge on any atom is 0.251 e. The summed E-state index contributed by atoms with van der Waals surface area (Å²) in [4.78, 5) is 14.9. The number of amides is 1. The fourth-order valence-corrected chi connectivity index (χ4v) is 4.46. The normalized spacial score (nSPS) is 16.3. The second kappa shape index (κ2) is 7.67. The molecule has 150 valence electrons. The van der Waals surface area contributed by atoms with Crippen LogP contribution in [0.3, 0.4) is 0 Å². The van der Waals surface area contributed by atoms with E-state index in [4.69, 9.17) is 14.1 Å². The summed E-state index contributed by atoms with van der Waals surface area (Å²) >= 11 is 1.53. The lowest BCUT2D eigenvalue weighted by atomic mass is 10.1. The second-order valence-corrected chi connectivity index (χ2v) is 7.52. The van der Waals surface area contributed by atoms with Gasteiger partial charge in [-0.25, -0.2) is 0 Å². The molecule has 29 heavy (non-hydrogen) atoms. The summed E-state index contributed by atoms with van der Waals surface area (Å²) in [5.74, 6) is 1.59. The van der Waals surface area contributed by atoms with Crippen molar-refractivity contribution < 1.29 is 23.8 Å². The average molecular weight is 413 g/mol. The van der Waals surface area contributed by atoms with E-state index in [2.05, 4.69) is 5.16 Å². The van der Waals surface area contributed by atoms with Crippen molar-refractivity contribution >= 4 is 23.4 Å². The Balaban J connectivity index is 1.81. The standard InChI is InChI=1S/C20H19N3O5S/c1-12-19(21-28-23(12)25)13-7-8-17(27-3)16(10-13)22-18(24)11-29-20(22)14-5-4-6-15(9-14)26-2/h4-10,20H,11H2,1-3H3. The number of hydrogen-bond donors (Lipinski definition) is 0. The van der Waals surface area contributed by atoms with E-state index in [1.54, 1.807) is 44.2 Å². The van der Waals surface area contributed by atoms with Gasteiger partial charge < -0.3 is 14.7 Å². The van der Waals surface area contributed by atoms with Gasteiger partial charge in [-0.2, -0.15) is 0 Å². The maximum atomic E-state index is 12.8. The summed E-state index contributed by atoms with van der Waals surface area (Å²) in [6, 6.07) is 13.0. The number of anilines is 1. The minimum absolute atomic E-state index is 0.0333. The highest BCUT2D eigenvalue weighted by Crippen LogP contribution is 2.46. The van der Waals surface area contributed by atoms with Crippen LogP contribution in [-0.2, 0) is 4.79 Å². The van der Waals surface area contributed by atoms with Gasteiger partial charge in [0.1, 0.15) is 16.9 Å². The molecule has 4 rings (SSSR count). The Morgan fingerprint density at radius 1 is 1.24 bits per heavy atom. The first-order valence-corrected chi connectivity index (χ1v) is 9.90. The highest BCUT2D eigenvalue weighted by atomic mass is 32.2. The van der Waals surface area contributed by atoms with Gasteiger partial charge in [-0.15, -0.1) is 11.8 Å². The third-order valence-corrected chi connectivity index (χ3v) is 5.99. The van der Waals surface area contributed by atoms with Crippen molar-refractivity contribution in [2.45, 2.75) is 12.3 Å². The monoisotopic (exact) mass is 413 g/mol. The predicted molar refractivity (Wildman–Crippen MR) is 108 cm³/mol. The van der Waals surface area contributed by atoms with Crippen LogP contribution in [0.15, 0.2) is 47.1 Å². The summed E-state index contributed by atoms with van der Waals surface area (Å²) in [7, 11) is 3.17. The van der Waals surface area contributed by atoms with E-state index in [1.165, 1.54) is 11.8 Å². The van der Waals surface area contributed by atoms with Gasteiger partial charge in [-0.1, -0.05) is 12.1 Å². The van der Waals surface area contributed by atoms with Gasteiger partial charge in [-0.3, -0.25) is 14.3 Å². The second-order valence-electron chi connectivity index (χ2n) is 6.45. The zero-order chi connectivity index (χ0) is 20.5. The molecule has 0 spiro atoms. The van der Waals surface area contributed by atoms with Crippen LogP contribution in [0.4, 0.5) is 5.69 Å². The van der Waals surface area contributed by atoms with Crippen LogP contribution in [0.25, 0.3) is 11.3 Å². The molecule has 1 saturated heterocycles. The van der Waals surface area contributed by atoms with Crippen molar-refractivity contribution in [1.29, 1.82) is 0 Å². The molecule has 1 unspecified atom stereocenters. The molecular weight excluding hydrogens is 394 g/mol. The van der Waals surface area contributed by atoms with E-state index in [9.17, 15) is 10.0 Å². The van der Waals surface area contributed by atoms with Crippen LogP contribution in [0.1, 0.15) is 16.6 Å². The zero-order valence-corrected chi connectivity index (χ0v) is 16.9. The van der Waals surface area contributed by atoms with Crippen molar-refractivity contribution in [1.82, 2.24) is 5.16 Å². The SMILES string of the molecule is COc1cccc(C2SCC(=O)N2c2cc(-c3no[n+]([O-])c3C)ccc2OC)c1. The predicted octanol–water partition coefficient (Wildman–Crippen LogP) is 3.08. The average Bonchev–Trinajstić information content (AvgIpc) is 3.30. The summed E-state index contributed by atoms with van der Waals surface area (Å²) < 4.78 is 15.5. The lowest BCUT2D eigenvalue weighted by Crippen LogP contribution is -2.28. The Labute approximate surface area is 171 Å². The van der Waals surface area contributed by atoms with E-state index in [1.807, 2.05) is 24.3 Å². The Bertz CT molecular complexity index is 1070. The quantitative estimate of drug-likeness (QED) is 0.594. The van der Waals surface area contributed by atoms with E-state index in [0.29, 0.717) is 39.0 Å². The molecule has 2 heterocycles. The molecule has 1 aliphatic heterocycles. The molecule has 1 aromatic heterocycles. The van der Waals surface area contributed by atoms with Crippen LogP contribution in [-0.4, -0.2) is 31.0 Å². The lowest BCUT2D eigenvalue weighted by Gasteiger charge is -2.26. The first-order chi connectivity index (χ1) is 14.0. The van der Waals surface area contributed by atoms with E-state index < -0.39 is 0 Å². The van der Waals surface area contributed by atoms with Crippen LogP contribution in [0, 0.1) is 12.1 Å². The Morgan fingerprint density at radius 2 is 2.07 bits per heavy atom. The number of methoxy groups -OCH3 is 2. The van der Waals surface area contributed by atoms with E-state index >= 15 is 0 Å². The summed E-state index contributed by atoms with van der Waals surface area (Å²) in [5, 5.41) is 15.2. The van der Waals surface area contributed by atoms with Gasteiger partial charge in [0.2, 0.25) is 11.6 Å². The molecule has 1 amide bonds. The Hall–Kier alpha value is -3.20. The van der Waals surface area contributed by atoms with Crippen molar-refractivity contribution in [2.75, 3.05) is 24.9 Å². The van der Waals surface area contributed by atoms with Crippen LogP contribution in [0.5, 0.6) is 11.5 Å². The fraction of sp³-hybridized carbons (Fsp3) is 0.250. The number of ether oxygens (including phenoxy) is 2. The first-order valence-electron chi connectivity index (χ1n) is 8.86. The smallest absolute Gasteiger partial charge is 0.251 e. The van der Waals surface area contributed by atoms with Crippen LogP contribution < -0.4 is 19.3 Å². The number of nitrogens with zero attached hydrogens (tertiary/aromatic N) is 3. The molecule has 0 saturated carbocycles. The number of thioether (sulfide) groups is 1. The third kappa shape index (κ3) is 3.38. The molecule has 0 bridgehead atoms.